The van der Waals surface area contributed by atoms with Crippen molar-refractivity contribution in [3.05, 3.63) is 35.3 Å². The average Bonchev–Trinajstić information content (AvgIpc) is 2.95. The molecule has 0 saturated carbocycles. The maximum atomic E-state index is 13.1. The molecule has 0 radical (unpaired) electrons. The van der Waals surface area contributed by atoms with Gasteiger partial charge in [-0.15, -0.1) is 0 Å². The molecule has 3 heterocycles. The molecule has 1 amide bonds. The van der Waals surface area contributed by atoms with Gasteiger partial charge in [0.15, 0.2) is 5.69 Å². The van der Waals surface area contributed by atoms with Gasteiger partial charge in [-0.25, -0.2) is 4.98 Å². The second-order valence-corrected chi connectivity index (χ2v) is 7.15. The molecule has 24 heavy (non-hydrogen) atoms. The zero-order chi connectivity index (χ0) is 17.3. The van der Waals surface area contributed by atoms with Crippen molar-refractivity contribution in [3.8, 4) is 0 Å². The Morgan fingerprint density at radius 2 is 2.00 bits per heavy atom. The number of likely N-dealkylation sites (tertiary alicyclic amines) is 1. The lowest BCUT2D eigenvalue weighted by molar-refractivity contribution is 0.0716. The van der Waals surface area contributed by atoms with Crippen LogP contribution in [0.2, 0.25) is 0 Å². The van der Waals surface area contributed by atoms with Gasteiger partial charge in [0, 0.05) is 31.9 Å². The Morgan fingerprint density at radius 1 is 1.29 bits per heavy atom. The first-order valence-corrected chi connectivity index (χ1v) is 8.95. The highest BCUT2D eigenvalue weighted by molar-refractivity contribution is 5.94. The van der Waals surface area contributed by atoms with Gasteiger partial charge < -0.3 is 9.30 Å². The number of carbonyl (C=O) groups is 1. The Balaban J connectivity index is 2.04. The first-order valence-electron chi connectivity index (χ1n) is 8.95. The molecule has 2 aromatic heterocycles. The number of pyridine rings is 1. The van der Waals surface area contributed by atoms with E-state index in [-0.39, 0.29) is 5.91 Å². The molecule has 0 aliphatic carbocycles. The van der Waals surface area contributed by atoms with Crippen molar-refractivity contribution in [3.63, 3.8) is 0 Å². The number of rotatable bonds is 4. The van der Waals surface area contributed by atoms with E-state index in [4.69, 9.17) is 4.98 Å². The molecule has 0 bridgehead atoms. The number of aromatic nitrogens is 2. The highest BCUT2D eigenvalue weighted by Gasteiger charge is 2.26. The van der Waals surface area contributed by atoms with E-state index >= 15 is 0 Å². The molecule has 0 N–H and O–H groups in total. The van der Waals surface area contributed by atoms with Gasteiger partial charge >= 0.3 is 0 Å². The summed E-state index contributed by atoms with van der Waals surface area (Å²) >= 11 is 0. The Labute approximate surface area is 144 Å². The van der Waals surface area contributed by atoms with E-state index in [1.807, 2.05) is 30.2 Å². The number of carbonyl (C=O) groups excluding carboxylic acids is 1. The number of hydrogen-bond donors (Lipinski definition) is 0. The van der Waals surface area contributed by atoms with Crippen LogP contribution in [0.4, 0.5) is 0 Å². The monoisotopic (exact) mass is 328 g/mol. The predicted octanol–water partition coefficient (Wildman–Crippen LogP) is 3.11. The number of aryl methyl sites for hydroxylation is 1. The van der Waals surface area contributed by atoms with Gasteiger partial charge in [0.25, 0.3) is 5.91 Å². The summed E-state index contributed by atoms with van der Waals surface area (Å²) < 4.78 is 2.09. The smallest absolute Gasteiger partial charge is 0.274 e. The van der Waals surface area contributed by atoms with E-state index in [0.29, 0.717) is 11.7 Å². The standard InChI is InChI=1S/C19H28N4O/c1-14(2)21(4)13-16-17(19(24)22-10-6-5-7-11-22)20-18-15(3)9-8-12-23(16)18/h8-9,12,14H,5-7,10-11,13H2,1-4H3. The van der Waals surface area contributed by atoms with Crippen LogP contribution in [-0.2, 0) is 6.54 Å². The summed E-state index contributed by atoms with van der Waals surface area (Å²) in [6.45, 7) is 8.81. The molecule has 1 aliphatic heterocycles. The predicted molar refractivity (Wildman–Crippen MR) is 96.3 cm³/mol. The highest BCUT2D eigenvalue weighted by Crippen LogP contribution is 2.21. The summed E-state index contributed by atoms with van der Waals surface area (Å²) in [7, 11) is 2.09. The minimum absolute atomic E-state index is 0.0879. The molecule has 1 fully saturated rings. The van der Waals surface area contributed by atoms with E-state index in [0.717, 1.165) is 49.4 Å². The van der Waals surface area contributed by atoms with Crippen LogP contribution < -0.4 is 0 Å². The highest BCUT2D eigenvalue weighted by atomic mass is 16.2. The summed E-state index contributed by atoms with van der Waals surface area (Å²) in [6, 6.07) is 4.49. The molecule has 0 aromatic carbocycles. The minimum Gasteiger partial charge on any atom is -0.337 e. The molecule has 1 aliphatic rings. The van der Waals surface area contributed by atoms with Gasteiger partial charge in [-0.3, -0.25) is 9.69 Å². The first kappa shape index (κ1) is 17.0. The quantitative estimate of drug-likeness (QED) is 0.866. The molecule has 0 unspecified atom stereocenters. The van der Waals surface area contributed by atoms with Crippen LogP contribution in [0.15, 0.2) is 18.3 Å². The van der Waals surface area contributed by atoms with Crippen LogP contribution in [0.25, 0.3) is 5.65 Å². The molecule has 5 heteroatoms. The van der Waals surface area contributed by atoms with E-state index in [9.17, 15) is 4.79 Å². The third-order valence-corrected chi connectivity index (χ3v) is 5.07. The van der Waals surface area contributed by atoms with Crippen molar-refractivity contribution in [1.29, 1.82) is 0 Å². The third-order valence-electron chi connectivity index (χ3n) is 5.07. The lowest BCUT2D eigenvalue weighted by Crippen LogP contribution is -2.37. The number of amides is 1. The minimum atomic E-state index is 0.0879. The Morgan fingerprint density at radius 3 is 2.67 bits per heavy atom. The lowest BCUT2D eigenvalue weighted by atomic mass is 10.1. The van der Waals surface area contributed by atoms with Gasteiger partial charge in [0.05, 0.1) is 5.69 Å². The maximum absolute atomic E-state index is 13.1. The summed E-state index contributed by atoms with van der Waals surface area (Å²) in [5.74, 6) is 0.0879. The second kappa shape index (κ2) is 6.93. The van der Waals surface area contributed by atoms with Crippen molar-refractivity contribution in [2.45, 2.75) is 52.6 Å². The molecular weight excluding hydrogens is 300 g/mol. The average molecular weight is 328 g/mol. The number of imidazole rings is 1. The summed E-state index contributed by atoms with van der Waals surface area (Å²) in [4.78, 5) is 22.0. The molecule has 0 spiro atoms. The topological polar surface area (TPSA) is 40.9 Å². The van der Waals surface area contributed by atoms with Crippen molar-refractivity contribution >= 4 is 11.6 Å². The van der Waals surface area contributed by atoms with Gasteiger partial charge in [-0.05, 0) is 58.7 Å². The van der Waals surface area contributed by atoms with Gasteiger partial charge in [0.2, 0.25) is 0 Å². The fourth-order valence-corrected chi connectivity index (χ4v) is 3.24. The zero-order valence-corrected chi connectivity index (χ0v) is 15.2. The Bertz CT molecular complexity index is 728. The number of fused-ring (bicyclic) bond motifs is 1. The lowest BCUT2D eigenvalue weighted by Gasteiger charge is -2.27. The fourth-order valence-electron chi connectivity index (χ4n) is 3.24. The van der Waals surface area contributed by atoms with E-state index in [2.05, 4.69) is 30.2 Å². The number of nitrogens with zero attached hydrogens (tertiary/aromatic N) is 4. The molecule has 5 nitrogen and oxygen atoms in total. The van der Waals surface area contributed by atoms with Crippen LogP contribution >= 0.6 is 0 Å². The normalized spacial score (nSPS) is 15.7. The van der Waals surface area contributed by atoms with Crippen molar-refractivity contribution < 1.29 is 4.79 Å². The Hall–Kier alpha value is -1.88. The van der Waals surface area contributed by atoms with E-state index in [1.165, 1.54) is 6.42 Å². The van der Waals surface area contributed by atoms with Crippen molar-refractivity contribution in [2.75, 3.05) is 20.1 Å². The Kier molecular flexibility index (Phi) is 4.90. The summed E-state index contributed by atoms with van der Waals surface area (Å²) in [6.07, 6.45) is 5.43. The zero-order valence-electron chi connectivity index (χ0n) is 15.2. The molecule has 130 valence electrons. The van der Waals surface area contributed by atoms with Crippen molar-refractivity contribution in [2.24, 2.45) is 0 Å². The molecule has 0 atom stereocenters. The van der Waals surface area contributed by atoms with Gasteiger partial charge in [-0.2, -0.15) is 0 Å². The van der Waals surface area contributed by atoms with Crippen LogP contribution in [0.5, 0.6) is 0 Å². The molecule has 2 aromatic rings. The number of hydrogen-bond acceptors (Lipinski definition) is 3. The van der Waals surface area contributed by atoms with E-state index < -0.39 is 0 Å². The largest absolute Gasteiger partial charge is 0.337 e. The second-order valence-electron chi connectivity index (χ2n) is 7.15. The first-order chi connectivity index (χ1) is 11.5. The summed E-state index contributed by atoms with van der Waals surface area (Å²) in [5.41, 5.74) is 3.62. The molecule has 1 saturated heterocycles. The van der Waals surface area contributed by atoms with Crippen molar-refractivity contribution in [1.82, 2.24) is 19.2 Å². The van der Waals surface area contributed by atoms with Crippen LogP contribution in [0.1, 0.15) is 54.9 Å². The SMILES string of the molecule is Cc1cccn2c(CN(C)C(C)C)c(C(=O)N3CCCCC3)nc12. The van der Waals surface area contributed by atoms with E-state index in [1.54, 1.807) is 0 Å². The molecule has 3 rings (SSSR count). The third kappa shape index (κ3) is 3.18. The van der Waals surface area contributed by atoms with Gasteiger partial charge in [0.1, 0.15) is 5.65 Å². The molecular formula is C19H28N4O. The van der Waals surface area contributed by atoms with Gasteiger partial charge in [-0.1, -0.05) is 6.07 Å². The fraction of sp³-hybridized carbons (Fsp3) is 0.579. The summed E-state index contributed by atoms with van der Waals surface area (Å²) in [5, 5.41) is 0. The van der Waals surface area contributed by atoms with Crippen LogP contribution in [0, 0.1) is 6.92 Å². The maximum Gasteiger partial charge on any atom is 0.274 e. The number of piperidine rings is 1. The van der Waals surface area contributed by atoms with Crippen LogP contribution in [0.3, 0.4) is 0 Å². The van der Waals surface area contributed by atoms with Crippen LogP contribution in [-0.4, -0.2) is 51.3 Å².